The number of hydrogen-bond acceptors (Lipinski definition) is 3. The van der Waals surface area contributed by atoms with Gasteiger partial charge >= 0.3 is 0 Å². The SMILES string of the molecule is CCOc1ccc(C(=O)NCC(C)C)cc1COc1cccc2ccccc12. The Balaban J connectivity index is 1.82. The quantitative estimate of drug-likeness (QED) is 0.587. The van der Waals surface area contributed by atoms with Gasteiger partial charge in [0.1, 0.15) is 18.1 Å². The van der Waals surface area contributed by atoms with E-state index in [-0.39, 0.29) is 5.91 Å². The van der Waals surface area contributed by atoms with Crippen molar-refractivity contribution in [3.63, 3.8) is 0 Å². The van der Waals surface area contributed by atoms with Gasteiger partial charge in [-0.25, -0.2) is 0 Å². The van der Waals surface area contributed by atoms with Gasteiger partial charge in [0.25, 0.3) is 5.91 Å². The number of benzene rings is 3. The fraction of sp³-hybridized carbons (Fsp3) is 0.292. The lowest BCUT2D eigenvalue weighted by Crippen LogP contribution is -2.27. The number of carbonyl (C=O) groups is 1. The first-order chi connectivity index (χ1) is 13.6. The van der Waals surface area contributed by atoms with Crippen LogP contribution >= 0.6 is 0 Å². The zero-order valence-corrected chi connectivity index (χ0v) is 16.7. The van der Waals surface area contributed by atoms with Crippen molar-refractivity contribution in [3.05, 3.63) is 71.8 Å². The predicted octanol–water partition coefficient (Wildman–Crippen LogP) is 5.20. The highest BCUT2D eigenvalue weighted by Crippen LogP contribution is 2.28. The topological polar surface area (TPSA) is 47.6 Å². The van der Waals surface area contributed by atoms with Gasteiger partial charge in [0.05, 0.1) is 6.61 Å². The molecule has 3 aromatic rings. The average molecular weight is 377 g/mol. The lowest BCUT2D eigenvalue weighted by Gasteiger charge is -2.15. The minimum Gasteiger partial charge on any atom is -0.493 e. The summed E-state index contributed by atoms with van der Waals surface area (Å²) in [6, 6.07) is 19.6. The van der Waals surface area contributed by atoms with Crippen LogP contribution in [0.15, 0.2) is 60.7 Å². The largest absolute Gasteiger partial charge is 0.493 e. The smallest absolute Gasteiger partial charge is 0.251 e. The van der Waals surface area contributed by atoms with Crippen LogP contribution in [0.25, 0.3) is 10.8 Å². The summed E-state index contributed by atoms with van der Waals surface area (Å²) in [5, 5.41) is 5.15. The summed E-state index contributed by atoms with van der Waals surface area (Å²) in [5.74, 6) is 1.88. The highest BCUT2D eigenvalue weighted by atomic mass is 16.5. The highest BCUT2D eigenvalue weighted by molar-refractivity contribution is 5.94. The molecular formula is C24H27NO3. The fourth-order valence-electron chi connectivity index (χ4n) is 3.01. The third kappa shape index (κ3) is 4.83. The summed E-state index contributed by atoms with van der Waals surface area (Å²) in [4.78, 5) is 12.4. The monoisotopic (exact) mass is 377 g/mol. The highest BCUT2D eigenvalue weighted by Gasteiger charge is 2.12. The van der Waals surface area contributed by atoms with E-state index in [0.29, 0.717) is 31.2 Å². The van der Waals surface area contributed by atoms with E-state index in [9.17, 15) is 4.79 Å². The van der Waals surface area contributed by atoms with Gasteiger partial charge in [-0.05, 0) is 42.5 Å². The zero-order valence-electron chi connectivity index (χ0n) is 16.7. The molecule has 0 fully saturated rings. The Hall–Kier alpha value is -3.01. The third-order valence-electron chi connectivity index (χ3n) is 4.43. The number of carbonyl (C=O) groups excluding carboxylic acids is 1. The zero-order chi connectivity index (χ0) is 19.9. The van der Waals surface area contributed by atoms with E-state index in [2.05, 4.69) is 31.3 Å². The number of hydrogen-bond donors (Lipinski definition) is 1. The van der Waals surface area contributed by atoms with Crippen LogP contribution in [0.3, 0.4) is 0 Å². The second kappa shape index (κ2) is 9.27. The molecule has 0 saturated heterocycles. The Morgan fingerprint density at radius 2 is 1.75 bits per heavy atom. The van der Waals surface area contributed by atoms with Crippen LogP contribution in [0.1, 0.15) is 36.7 Å². The maximum atomic E-state index is 12.4. The molecule has 0 spiro atoms. The Kier molecular flexibility index (Phi) is 6.53. The molecule has 0 radical (unpaired) electrons. The molecule has 146 valence electrons. The van der Waals surface area contributed by atoms with Crippen molar-refractivity contribution >= 4 is 16.7 Å². The van der Waals surface area contributed by atoms with Crippen molar-refractivity contribution in [1.82, 2.24) is 5.32 Å². The van der Waals surface area contributed by atoms with E-state index in [1.54, 1.807) is 6.07 Å². The minimum atomic E-state index is -0.0804. The summed E-state index contributed by atoms with van der Waals surface area (Å²) in [5.41, 5.74) is 1.47. The second-order valence-electron chi connectivity index (χ2n) is 7.13. The van der Waals surface area contributed by atoms with Gasteiger partial charge in [-0.3, -0.25) is 4.79 Å². The Bertz CT molecular complexity index is 944. The molecule has 0 aliphatic carbocycles. The molecule has 0 aromatic heterocycles. The average Bonchev–Trinajstić information content (AvgIpc) is 2.71. The molecule has 0 unspecified atom stereocenters. The summed E-state index contributed by atoms with van der Waals surface area (Å²) in [7, 11) is 0. The maximum absolute atomic E-state index is 12.4. The van der Waals surface area contributed by atoms with Crippen molar-refractivity contribution in [2.24, 2.45) is 5.92 Å². The van der Waals surface area contributed by atoms with Crippen LogP contribution in [-0.2, 0) is 6.61 Å². The molecular weight excluding hydrogens is 350 g/mol. The molecule has 0 bridgehead atoms. The van der Waals surface area contributed by atoms with Crippen molar-refractivity contribution in [1.29, 1.82) is 0 Å². The standard InChI is InChI=1S/C24H27NO3/c1-4-27-22-13-12-19(24(26)25-15-17(2)3)14-20(22)16-28-23-11-7-9-18-8-5-6-10-21(18)23/h5-14,17H,4,15-16H2,1-3H3,(H,25,26). The predicted molar refractivity (Wildman–Crippen MR) is 113 cm³/mol. The van der Waals surface area contributed by atoms with E-state index in [1.165, 1.54) is 0 Å². The molecule has 3 rings (SSSR count). The molecule has 4 heteroatoms. The lowest BCUT2D eigenvalue weighted by molar-refractivity contribution is 0.0949. The van der Waals surface area contributed by atoms with Crippen molar-refractivity contribution < 1.29 is 14.3 Å². The number of fused-ring (bicyclic) bond motifs is 1. The van der Waals surface area contributed by atoms with Crippen LogP contribution in [0, 0.1) is 5.92 Å². The minimum absolute atomic E-state index is 0.0804. The number of amides is 1. The first-order valence-corrected chi connectivity index (χ1v) is 9.73. The lowest BCUT2D eigenvalue weighted by atomic mass is 10.1. The van der Waals surface area contributed by atoms with E-state index in [0.717, 1.165) is 27.8 Å². The van der Waals surface area contributed by atoms with Crippen molar-refractivity contribution in [2.45, 2.75) is 27.4 Å². The number of ether oxygens (including phenoxy) is 2. The molecule has 0 heterocycles. The van der Waals surface area contributed by atoms with Gasteiger partial charge in [-0.2, -0.15) is 0 Å². The van der Waals surface area contributed by atoms with Gasteiger partial charge < -0.3 is 14.8 Å². The van der Waals surface area contributed by atoms with Crippen LogP contribution in [0.4, 0.5) is 0 Å². The molecule has 0 saturated carbocycles. The van der Waals surface area contributed by atoms with E-state index >= 15 is 0 Å². The molecule has 0 aliphatic heterocycles. The molecule has 3 aromatic carbocycles. The molecule has 1 amide bonds. The summed E-state index contributed by atoms with van der Waals surface area (Å²) >= 11 is 0. The normalized spacial score (nSPS) is 10.9. The van der Waals surface area contributed by atoms with Gasteiger partial charge in [0.2, 0.25) is 0 Å². The fourth-order valence-corrected chi connectivity index (χ4v) is 3.01. The number of rotatable bonds is 8. The molecule has 1 N–H and O–H groups in total. The van der Waals surface area contributed by atoms with Crippen LogP contribution in [0.2, 0.25) is 0 Å². The van der Waals surface area contributed by atoms with Crippen LogP contribution in [-0.4, -0.2) is 19.1 Å². The summed E-state index contributed by atoms with van der Waals surface area (Å²) in [6.45, 7) is 7.62. The number of nitrogens with one attached hydrogen (secondary N) is 1. The Morgan fingerprint density at radius 1 is 0.964 bits per heavy atom. The van der Waals surface area contributed by atoms with Crippen LogP contribution < -0.4 is 14.8 Å². The summed E-state index contributed by atoms with van der Waals surface area (Å²) in [6.07, 6.45) is 0. The first-order valence-electron chi connectivity index (χ1n) is 9.73. The Labute approximate surface area is 166 Å². The molecule has 4 nitrogen and oxygen atoms in total. The van der Waals surface area contributed by atoms with Crippen molar-refractivity contribution in [2.75, 3.05) is 13.2 Å². The molecule has 0 aliphatic rings. The third-order valence-corrected chi connectivity index (χ3v) is 4.43. The van der Waals surface area contributed by atoms with E-state index < -0.39 is 0 Å². The van der Waals surface area contributed by atoms with Crippen molar-refractivity contribution in [3.8, 4) is 11.5 Å². The summed E-state index contributed by atoms with van der Waals surface area (Å²) < 4.78 is 11.8. The maximum Gasteiger partial charge on any atom is 0.251 e. The van der Waals surface area contributed by atoms with Gasteiger partial charge in [-0.1, -0.05) is 50.2 Å². The van der Waals surface area contributed by atoms with Gasteiger partial charge in [-0.15, -0.1) is 0 Å². The van der Waals surface area contributed by atoms with Gasteiger partial charge in [0.15, 0.2) is 0 Å². The van der Waals surface area contributed by atoms with Gasteiger partial charge in [0, 0.05) is 23.1 Å². The molecule has 0 atom stereocenters. The van der Waals surface area contributed by atoms with Crippen LogP contribution in [0.5, 0.6) is 11.5 Å². The first kappa shape index (κ1) is 19.7. The Morgan fingerprint density at radius 3 is 2.54 bits per heavy atom. The van der Waals surface area contributed by atoms with E-state index in [1.807, 2.05) is 49.4 Å². The molecule has 28 heavy (non-hydrogen) atoms. The second-order valence-corrected chi connectivity index (χ2v) is 7.13. The van der Waals surface area contributed by atoms with E-state index in [4.69, 9.17) is 9.47 Å².